The number of hydrogen-bond donors (Lipinski definition) is 5. The van der Waals surface area contributed by atoms with Crippen LogP contribution in [0.1, 0.15) is 95.4 Å². The summed E-state index contributed by atoms with van der Waals surface area (Å²) < 4.78 is 34.5. The molecule has 2 unspecified atom stereocenters. The van der Waals surface area contributed by atoms with Gasteiger partial charge in [-0.3, -0.25) is 59.2 Å². The molecule has 57 heavy (non-hydrogen) atoms. The van der Waals surface area contributed by atoms with Gasteiger partial charge >= 0.3 is 11.9 Å². The molecule has 0 radical (unpaired) electrons. The molecule has 5 N–H and O–H groups in total. The van der Waals surface area contributed by atoms with E-state index in [4.69, 9.17) is 9.84 Å². The molecule has 0 spiro atoms. The fourth-order valence-corrected chi connectivity index (χ4v) is 7.20. The minimum absolute atomic E-state index is 0. The van der Waals surface area contributed by atoms with Gasteiger partial charge in [0.15, 0.2) is 0 Å². The molecule has 4 fully saturated rings. The molecular formula is C38H51ClF2N8O8. The van der Waals surface area contributed by atoms with Gasteiger partial charge in [0, 0.05) is 36.8 Å². The average molecular weight is 821 g/mol. The minimum Gasteiger partial charge on any atom is -0.480 e. The van der Waals surface area contributed by atoms with Gasteiger partial charge in [-0.25, -0.2) is 8.78 Å². The van der Waals surface area contributed by atoms with Crippen molar-refractivity contribution < 1.29 is 47.4 Å². The molecule has 2 aromatic heterocycles. The largest absolute Gasteiger partial charge is 0.480 e. The summed E-state index contributed by atoms with van der Waals surface area (Å²) in [5.74, 6) is -3.49. The summed E-state index contributed by atoms with van der Waals surface area (Å²) >= 11 is 0. The summed E-state index contributed by atoms with van der Waals surface area (Å²) in [5.41, 5.74) is 1.07. The van der Waals surface area contributed by atoms with E-state index >= 15 is 0 Å². The second-order valence-electron chi connectivity index (χ2n) is 15.6. The van der Waals surface area contributed by atoms with E-state index in [0.29, 0.717) is 87.5 Å². The van der Waals surface area contributed by atoms with Crippen LogP contribution in [0.4, 0.5) is 20.2 Å². The topological polar surface area (TPSA) is 212 Å². The average Bonchev–Trinajstić information content (AvgIpc) is 3.11. The van der Waals surface area contributed by atoms with Gasteiger partial charge in [0.05, 0.1) is 48.2 Å². The Labute approximate surface area is 335 Å². The second-order valence-corrected chi connectivity index (χ2v) is 15.6. The molecule has 16 nitrogen and oxygen atoms in total. The van der Waals surface area contributed by atoms with Crippen LogP contribution in [0.3, 0.4) is 0 Å². The molecule has 6 heterocycles. The van der Waals surface area contributed by atoms with Crippen LogP contribution in [0.5, 0.6) is 0 Å². The number of aliphatic carboxylic acids is 1. The summed E-state index contributed by atoms with van der Waals surface area (Å²) in [6.45, 7) is 8.26. The first kappa shape index (κ1) is 44.9. The highest BCUT2D eigenvalue weighted by molar-refractivity contribution is 6.02. The number of amides is 4. The van der Waals surface area contributed by atoms with Crippen molar-refractivity contribution in [1.29, 1.82) is 0 Å². The molecule has 19 heteroatoms. The maximum absolute atomic E-state index is 14.7. The highest BCUT2D eigenvalue weighted by Gasteiger charge is 2.30. The number of nitrogens with zero attached hydrogens (tertiary/aromatic N) is 4. The first-order valence-corrected chi connectivity index (χ1v) is 18.9. The van der Waals surface area contributed by atoms with Gasteiger partial charge in [-0.2, -0.15) is 0 Å². The number of hydrogen-bond acceptors (Lipinski definition) is 13. The van der Waals surface area contributed by atoms with Crippen LogP contribution in [0.15, 0.2) is 24.5 Å². The Balaban J connectivity index is 0.000000251. The molecule has 4 aliphatic heterocycles. The Morgan fingerprint density at radius 3 is 1.51 bits per heavy atom. The van der Waals surface area contributed by atoms with Crippen molar-refractivity contribution in [1.82, 2.24) is 30.4 Å². The van der Waals surface area contributed by atoms with Crippen LogP contribution < -0.4 is 21.3 Å². The van der Waals surface area contributed by atoms with Crippen molar-refractivity contribution in [2.24, 2.45) is 0 Å². The number of rotatable bonds is 10. The number of ether oxygens (including phenoxy) is 1. The zero-order chi connectivity index (χ0) is 40.6. The monoisotopic (exact) mass is 820 g/mol. The smallest absolute Gasteiger partial charge is 0.320 e. The Morgan fingerprint density at radius 2 is 1.16 bits per heavy atom. The van der Waals surface area contributed by atoms with E-state index in [2.05, 4.69) is 31.2 Å². The summed E-state index contributed by atoms with van der Waals surface area (Å²) in [6.07, 6.45) is 6.93. The Morgan fingerprint density at radius 1 is 0.754 bits per heavy atom. The lowest BCUT2D eigenvalue weighted by molar-refractivity contribution is -0.156. The lowest BCUT2D eigenvalue weighted by Crippen LogP contribution is -2.47. The number of piperidine rings is 4. The molecule has 4 aliphatic rings. The number of carbonyl (C=O) groups is 6. The van der Waals surface area contributed by atoms with E-state index in [1.54, 1.807) is 0 Å². The summed E-state index contributed by atoms with van der Waals surface area (Å²) in [7, 11) is 0. The molecule has 2 atom stereocenters. The second kappa shape index (κ2) is 20.1. The van der Waals surface area contributed by atoms with Crippen LogP contribution in [0.2, 0.25) is 0 Å². The van der Waals surface area contributed by atoms with Crippen molar-refractivity contribution in [3.05, 3.63) is 47.5 Å². The zero-order valence-corrected chi connectivity index (χ0v) is 33.1. The third kappa shape index (κ3) is 13.4. The van der Waals surface area contributed by atoms with E-state index in [1.807, 2.05) is 30.6 Å². The van der Waals surface area contributed by atoms with Crippen molar-refractivity contribution in [3.63, 3.8) is 0 Å². The number of esters is 1. The Hall–Kier alpha value is -4.81. The normalized spacial score (nSPS) is 21.3. The lowest BCUT2D eigenvalue weighted by atomic mass is 9.92. The summed E-state index contributed by atoms with van der Waals surface area (Å²) in [6, 6.07) is 1.50. The fraction of sp³-hybridized carbons (Fsp3) is 0.579. The maximum Gasteiger partial charge on any atom is 0.320 e. The molecular weight excluding hydrogens is 770 g/mol. The van der Waals surface area contributed by atoms with Gasteiger partial charge in [0.2, 0.25) is 23.6 Å². The molecule has 4 amide bonds. The van der Waals surface area contributed by atoms with Gasteiger partial charge in [-0.1, -0.05) is 0 Å². The number of carboxylic acids is 1. The van der Waals surface area contributed by atoms with Gasteiger partial charge in [-0.15, -0.1) is 12.4 Å². The van der Waals surface area contributed by atoms with E-state index in [0.717, 1.165) is 0 Å². The highest BCUT2D eigenvalue weighted by atomic mass is 35.5. The quantitative estimate of drug-likeness (QED) is 0.172. The van der Waals surface area contributed by atoms with Gasteiger partial charge in [0.25, 0.3) is 0 Å². The number of likely N-dealkylation sites (tertiary alicyclic amines) is 2. The number of aromatic nitrogens is 2. The number of carbonyl (C=O) groups excluding carboxylic acids is 5. The Bertz CT molecular complexity index is 1800. The van der Waals surface area contributed by atoms with Crippen molar-refractivity contribution in [2.75, 3.05) is 49.9 Å². The van der Waals surface area contributed by atoms with Crippen LogP contribution >= 0.6 is 12.4 Å². The van der Waals surface area contributed by atoms with E-state index in [9.17, 15) is 37.5 Å². The molecule has 2 aromatic rings. The van der Waals surface area contributed by atoms with Crippen LogP contribution in [0, 0.1) is 11.6 Å². The lowest BCUT2D eigenvalue weighted by Gasteiger charge is -2.32. The molecule has 6 rings (SSSR count). The molecule has 0 bridgehead atoms. The minimum atomic E-state index is -0.864. The predicted octanol–water partition coefficient (Wildman–Crippen LogP) is 3.08. The van der Waals surface area contributed by atoms with Crippen molar-refractivity contribution in [2.45, 2.75) is 102 Å². The predicted molar refractivity (Wildman–Crippen MR) is 206 cm³/mol. The zero-order valence-electron chi connectivity index (χ0n) is 32.3. The number of halogens is 3. The van der Waals surface area contributed by atoms with Crippen LogP contribution in [-0.2, 0) is 33.5 Å². The Kier molecular flexibility index (Phi) is 15.8. The van der Waals surface area contributed by atoms with Crippen LogP contribution in [0.25, 0.3) is 0 Å². The van der Waals surface area contributed by atoms with Gasteiger partial charge in [-0.05, 0) is 85.5 Å². The van der Waals surface area contributed by atoms with Crippen molar-refractivity contribution >= 4 is 59.3 Å². The van der Waals surface area contributed by atoms with E-state index in [-0.39, 0.29) is 68.0 Å². The standard InChI is InChI=1S/C21H29FN4O4.C17H21FN4O4.ClH/c1-21(2,3)30-18(28)12-26-8-6-13(7-9-26)19-15(22)10-14(11-23-19)24-16-4-5-17(27)25-20(16)29;18-12-7-11(20-13-1-2-14(23)21-17(13)26)8-19-16(12)10-3-5-22(6-4-10)9-15(24)25;/h10-11,13,16,24H,4-9,12H2,1-3H3,(H,25,27,29);7-8,10,13,20H,1-6,9H2,(H,24,25)(H,21,23,26);1H. The third-order valence-electron chi connectivity index (χ3n) is 9.98. The first-order chi connectivity index (χ1) is 26.5. The highest BCUT2D eigenvalue weighted by Crippen LogP contribution is 2.31. The number of anilines is 2. The molecule has 0 aromatic carbocycles. The van der Waals surface area contributed by atoms with Crippen molar-refractivity contribution in [3.8, 4) is 0 Å². The molecule has 0 saturated carbocycles. The number of carboxylic acid groups (broad SMARTS) is 1. The third-order valence-corrected chi connectivity index (χ3v) is 9.98. The molecule has 4 saturated heterocycles. The van der Waals surface area contributed by atoms with Gasteiger partial charge < -0.3 is 20.5 Å². The summed E-state index contributed by atoms with van der Waals surface area (Å²) in [4.78, 5) is 81.1. The van der Waals surface area contributed by atoms with E-state index in [1.165, 1.54) is 24.5 Å². The number of imide groups is 2. The molecule has 312 valence electrons. The van der Waals surface area contributed by atoms with E-state index < -0.39 is 47.1 Å². The SMILES string of the molecule is CC(C)(C)OC(=O)CN1CCC(c2ncc(NC3CCC(=O)NC3=O)cc2F)CC1.Cl.O=C(O)CN1CCC(c2ncc(NC3CCC(=O)NC3=O)cc2F)CC1. The number of pyridine rings is 2. The van der Waals surface area contributed by atoms with Crippen LogP contribution in [-0.4, -0.2) is 117 Å². The first-order valence-electron chi connectivity index (χ1n) is 18.9. The van der Waals surface area contributed by atoms with Gasteiger partial charge in [0.1, 0.15) is 29.3 Å². The summed E-state index contributed by atoms with van der Waals surface area (Å²) in [5, 5.41) is 19.2. The number of nitrogens with one attached hydrogen (secondary N) is 4. The molecule has 0 aliphatic carbocycles. The fourth-order valence-electron chi connectivity index (χ4n) is 7.20. The maximum atomic E-state index is 14.7.